The summed E-state index contributed by atoms with van der Waals surface area (Å²) in [5, 5.41) is 0. The molecule has 0 aliphatic heterocycles. The third kappa shape index (κ3) is 1.63. The molecule has 0 saturated carbocycles. The van der Waals surface area contributed by atoms with Crippen molar-refractivity contribution in [2.75, 3.05) is 5.43 Å². The van der Waals surface area contributed by atoms with Gasteiger partial charge in [0.05, 0.1) is 0 Å². The van der Waals surface area contributed by atoms with Gasteiger partial charge in [-0.3, -0.25) is 4.57 Å². The van der Waals surface area contributed by atoms with E-state index < -0.39 is 0 Å². The molecule has 6 nitrogen and oxygen atoms in total. The summed E-state index contributed by atoms with van der Waals surface area (Å²) in [4.78, 5) is 12.8. The maximum Gasteiger partial charge on any atom is 0.148 e. The highest BCUT2D eigenvalue weighted by atomic mass is 15.3. The van der Waals surface area contributed by atoms with Crippen molar-refractivity contribution in [2.45, 2.75) is 20.8 Å². The third-order valence-electron chi connectivity index (χ3n) is 2.42. The Hall–Kier alpha value is -1.95. The van der Waals surface area contributed by atoms with Crippen molar-refractivity contribution < 1.29 is 0 Å². The lowest BCUT2D eigenvalue weighted by Crippen LogP contribution is -2.14. The molecule has 2 rings (SSSR count). The van der Waals surface area contributed by atoms with Crippen LogP contribution in [0.25, 0.3) is 5.82 Å². The van der Waals surface area contributed by atoms with E-state index in [1.807, 2.05) is 31.5 Å². The van der Waals surface area contributed by atoms with Crippen molar-refractivity contribution in [1.29, 1.82) is 0 Å². The largest absolute Gasteiger partial charge is 0.308 e. The second kappa shape index (κ2) is 3.90. The predicted molar refractivity (Wildman–Crippen MR) is 61.2 cm³/mol. The molecule has 0 aromatic carbocycles. The number of nitrogens with zero attached hydrogens (tertiary/aromatic N) is 4. The zero-order valence-electron chi connectivity index (χ0n) is 9.52. The van der Waals surface area contributed by atoms with Gasteiger partial charge in [-0.1, -0.05) is 0 Å². The fourth-order valence-electron chi connectivity index (χ4n) is 1.59. The predicted octanol–water partition coefficient (Wildman–Crippen LogP) is 0.873. The summed E-state index contributed by atoms with van der Waals surface area (Å²) >= 11 is 0. The molecule has 0 radical (unpaired) electrons. The van der Waals surface area contributed by atoms with Crippen LogP contribution in [0.5, 0.6) is 0 Å². The lowest BCUT2D eigenvalue weighted by Gasteiger charge is -2.11. The van der Waals surface area contributed by atoms with Crippen LogP contribution in [0.3, 0.4) is 0 Å². The summed E-state index contributed by atoms with van der Waals surface area (Å²) in [5.74, 6) is 8.40. The second-order valence-corrected chi connectivity index (χ2v) is 3.56. The highest BCUT2D eigenvalue weighted by Gasteiger charge is 2.11. The number of rotatable bonds is 2. The summed E-state index contributed by atoms with van der Waals surface area (Å²) < 4.78 is 1.91. The van der Waals surface area contributed by atoms with Gasteiger partial charge < -0.3 is 5.43 Å². The number of nitrogens with one attached hydrogen (secondary N) is 1. The average molecular weight is 218 g/mol. The topological polar surface area (TPSA) is 81.6 Å². The lowest BCUT2D eigenvalue weighted by molar-refractivity contribution is 0.884. The smallest absolute Gasteiger partial charge is 0.148 e. The van der Waals surface area contributed by atoms with Crippen molar-refractivity contribution in [1.82, 2.24) is 19.5 Å². The quantitative estimate of drug-likeness (QED) is 0.577. The Balaban J connectivity index is 2.65. The van der Waals surface area contributed by atoms with E-state index in [1.54, 1.807) is 6.20 Å². The van der Waals surface area contributed by atoms with E-state index in [1.165, 1.54) is 0 Å². The Kier molecular flexibility index (Phi) is 2.57. The van der Waals surface area contributed by atoms with E-state index >= 15 is 0 Å². The number of hydrogen-bond acceptors (Lipinski definition) is 5. The molecule has 6 heteroatoms. The van der Waals surface area contributed by atoms with Crippen molar-refractivity contribution in [3.05, 3.63) is 29.6 Å². The van der Waals surface area contributed by atoms with Crippen LogP contribution in [0.1, 0.15) is 17.2 Å². The fraction of sp³-hybridized carbons (Fsp3) is 0.300. The van der Waals surface area contributed by atoms with Gasteiger partial charge in [0.15, 0.2) is 0 Å². The Morgan fingerprint density at radius 1 is 1.25 bits per heavy atom. The molecule has 3 N–H and O–H groups in total. The molecule has 0 aliphatic carbocycles. The summed E-state index contributed by atoms with van der Waals surface area (Å²) in [6.07, 6.45) is 3.60. The van der Waals surface area contributed by atoms with Crippen LogP contribution in [-0.2, 0) is 0 Å². The molecule has 0 fully saturated rings. The normalized spacial score (nSPS) is 10.5. The minimum atomic E-state index is 0.635. The zero-order chi connectivity index (χ0) is 11.7. The summed E-state index contributed by atoms with van der Waals surface area (Å²) in [7, 11) is 0. The number of anilines is 1. The van der Waals surface area contributed by atoms with E-state index in [9.17, 15) is 0 Å². The second-order valence-electron chi connectivity index (χ2n) is 3.56. The Labute approximate surface area is 93.5 Å². The van der Waals surface area contributed by atoms with E-state index in [2.05, 4.69) is 20.4 Å². The number of aromatic nitrogens is 4. The zero-order valence-corrected chi connectivity index (χ0v) is 9.52. The fourth-order valence-corrected chi connectivity index (χ4v) is 1.59. The summed E-state index contributed by atoms with van der Waals surface area (Å²) in [5.41, 5.74) is 3.47. The maximum atomic E-state index is 5.41. The molecule has 16 heavy (non-hydrogen) atoms. The lowest BCUT2D eigenvalue weighted by atomic mass is 10.3. The van der Waals surface area contributed by atoms with Gasteiger partial charge in [0, 0.05) is 18.0 Å². The Morgan fingerprint density at radius 3 is 2.56 bits per heavy atom. The molecule has 0 aliphatic rings. The number of hydrazine groups is 1. The molecule has 0 spiro atoms. The number of hydrogen-bond donors (Lipinski definition) is 2. The van der Waals surface area contributed by atoms with Gasteiger partial charge in [-0.15, -0.1) is 0 Å². The van der Waals surface area contributed by atoms with Crippen LogP contribution in [0, 0.1) is 20.8 Å². The van der Waals surface area contributed by atoms with Crippen LogP contribution in [0.15, 0.2) is 12.4 Å². The van der Waals surface area contributed by atoms with Crippen LogP contribution in [-0.4, -0.2) is 19.5 Å². The molecular weight excluding hydrogens is 204 g/mol. The van der Waals surface area contributed by atoms with E-state index in [0.717, 1.165) is 17.2 Å². The monoisotopic (exact) mass is 218 g/mol. The molecule has 0 saturated heterocycles. The molecule has 0 amide bonds. The van der Waals surface area contributed by atoms with Crippen molar-refractivity contribution in [3.8, 4) is 5.82 Å². The number of aryl methyl sites for hydroxylation is 2. The third-order valence-corrected chi connectivity index (χ3v) is 2.42. The average Bonchev–Trinajstić information content (AvgIpc) is 2.67. The standard InChI is InChI=1S/C10H14N6/c1-6-9(15-11)13-7(2)14-10(6)16-5-4-12-8(16)3/h4-5H,11H2,1-3H3,(H,13,14,15). The van der Waals surface area contributed by atoms with Gasteiger partial charge in [-0.25, -0.2) is 20.8 Å². The number of nitrogens with two attached hydrogens (primary N) is 1. The first-order valence-electron chi connectivity index (χ1n) is 4.95. The summed E-state index contributed by atoms with van der Waals surface area (Å²) in [6, 6.07) is 0. The van der Waals surface area contributed by atoms with Crippen molar-refractivity contribution >= 4 is 5.82 Å². The van der Waals surface area contributed by atoms with E-state index in [-0.39, 0.29) is 0 Å². The molecule has 0 bridgehead atoms. The molecular formula is C10H14N6. The van der Waals surface area contributed by atoms with Crippen LogP contribution in [0.4, 0.5) is 5.82 Å². The first-order valence-corrected chi connectivity index (χ1v) is 4.95. The minimum Gasteiger partial charge on any atom is -0.308 e. The van der Waals surface area contributed by atoms with Crippen LogP contribution >= 0.6 is 0 Å². The SMILES string of the molecule is Cc1nc(NN)c(C)c(-n2ccnc2C)n1. The molecule has 2 aromatic rings. The highest BCUT2D eigenvalue weighted by Crippen LogP contribution is 2.18. The van der Waals surface area contributed by atoms with Crippen LogP contribution in [0.2, 0.25) is 0 Å². The van der Waals surface area contributed by atoms with Gasteiger partial charge in [0.2, 0.25) is 0 Å². The highest BCUT2D eigenvalue weighted by molar-refractivity contribution is 5.51. The molecule has 84 valence electrons. The van der Waals surface area contributed by atoms with E-state index in [4.69, 9.17) is 5.84 Å². The summed E-state index contributed by atoms with van der Waals surface area (Å²) in [6.45, 7) is 5.67. The van der Waals surface area contributed by atoms with Gasteiger partial charge in [0.1, 0.15) is 23.3 Å². The molecule has 2 aromatic heterocycles. The number of imidazole rings is 1. The van der Waals surface area contributed by atoms with Crippen LogP contribution < -0.4 is 11.3 Å². The van der Waals surface area contributed by atoms with Crippen molar-refractivity contribution in [3.63, 3.8) is 0 Å². The molecule has 0 atom stereocenters. The van der Waals surface area contributed by atoms with E-state index in [0.29, 0.717) is 11.6 Å². The Bertz CT molecular complexity index is 516. The first-order chi connectivity index (χ1) is 7.63. The van der Waals surface area contributed by atoms with Gasteiger partial charge >= 0.3 is 0 Å². The molecule has 0 unspecified atom stereocenters. The van der Waals surface area contributed by atoms with Gasteiger partial charge in [-0.05, 0) is 20.8 Å². The van der Waals surface area contributed by atoms with Gasteiger partial charge in [-0.2, -0.15) is 0 Å². The van der Waals surface area contributed by atoms with Gasteiger partial charge in [0.25, 0.3) is 0 Å². The minimum absolute atomic E-state index is 0.635. The maximum absolute atomic E-state index is 5.41. The first kappa shape index (κ1) is 10.6. The number of nitrogen functional groups attached to an aromatic ring is 1. The Morgan fingerprint density at radius 2 is 2.00 bits per heavy atom. The molecule has 2 heterocycles. The van der Waals surface area contributed by atoms with Crippen molar-refractivity contribution in [2.24, 2.45) is 5.84 Å².